The van der Waals surface area contributed by atoms with Gasteiger partial charge in [-0.15, -0.1) is 0 Å². The minimum atomic E-state index is -0.512. The third-order valence-electron chi connectivity index (χ3n) is 3.49. The van der Waals surface area contributed by atoms with Crippen LogP contribution in [0, 0.1) is 17.6 Å². The first-order valence-electron chi connectivity index (χ1n) is 6.65. The van der Waals surface area contributed by atoms with Crippen molar-refractivity contribution in [3.05, 3.63) is 35.4 Å². The van der Waals surface area contributed by atoms with E-state index in [1.165, 1.54) is 0 Å². The van der Waals surface area contributed by atoms with Crippen LogP contribution >= 0.6 is 0 Å². The number of aliphatic hydroxyl groups is 1. The lowest BCUT2D eigenvalue weighted by molar-refractivity contribution is -0.121. The highest BCUT2D eigenvalue weighted by atomic mass is 19.1. The molecular weight excluding hydrogens is 266 g/mol. The Morgan fingerprint density at radius 2 is 2.20 bits per heavy atom. The first kappa shape index (κ1) is 14.9. The van der Waals surface area contributed by atoms with Gasteiger partial charge in [-0.05, 0) is 30.2 Å². The van der Waals surface area contributed by atoms with Crippen molar-refractivity contribution in [2.24, 2.45) is 5.92 Å². The summed E-state index contributed by atoms with van der Waals surface area (Å²) in [4.78, 5) is 11.6. The summed E-state index contributed by atoms with van der Waals surface area (Å²) in [5.41, 5.74) is 0.197. The minimum Gasteiger partial charge on any atom is -0.391 e. The van der Waals surface area contributed by atoms with Crippen molar-refractivity contribution in [1.82, 2.24) is 10.6 Å². The molecule has 20 heavy (non-hydrogen) atoms. The SMILES string of the molecule is O=C(CCc1cc(F)ccc1F)NCC1CNCC1O. The van der Waals surface area contributed by atoms with Crippen molar-refractivity contribution in [3.63, 3.8) is 0 Å². The van der Waals surface area contributed by atoms with Gasteiger partial charge in [0.05, 0.1) is 6.10 Å². The molecule has 1 amide bonds. The molecule has 4 nitrogen and oxygen atoms in total. The molecule has 0 bridgehead atoms. The van der Waals surface area contributed by atoms with Crippen LogP contribution in [0.5, 0.6) is 0 Å². The third-order valence-corrected chi connectivity index (χ3v) is 3.49. The van der Waals surface area contributed by atoms with Crippen molar-refractivity contribution in [1.29, 1.82) is 0 Å². The van der Waals surface area contributed by atoms with Crippen molar-refractivity contribution in [2.75, 3.05) is 19.6 Å². The number of hydrogen-bond donors (Lipinski definition) is 3. The van der Waals surface area contributed by atoms with Crippen molar-refractivity contribution >= 4 is 5.91 Å². The van der Waals surface area contributed by atoms with Gasteiger partial charge in [0.15, 0.2) is 0 Å². The Balaban J connectivity index is 1.76. The zero-order chi connectivity index (χ0) is 14.5. The lowest BCUT2D eigenvalue weighted by Crippen LogP contribution is -2.34. The Morgan fingerprint density at radius 3 is 2.90 bits per heavy atom. The number of amides is 1. The number of aliphatic hydroxyl groups excluding tert-OH is 1. The fraction of sp³-hybridized carbons (Fsp3) is 0.500. The molecule has 1 fully saturated rings. The van der Waals surface area contributed by atoms with Crippen molar-refractivity contribution in [3.8, 4) is 0 Å². The summed E-state index contributed by atoms with van der Waals surface area (Å²) in [5, 5.41) is 15.3. The molecule has 2 atom stereocenters. The molecule has 1 aromatic carbocycles. The fourth-order valence-electron chi connectivity index (χ4n) is 2.24. The topological polar surface area (TPSA) is 61.4 Å². The molecule has 110 valence electrons. The van der Waals surface area contributed by atoms with E-state index in [2.05, 4.69) is 10.6 Å². The molecular formula is C14H18F2N2O2. The van der Waals surface area contributed by atoms with Crippen molar-refractivity contribution < 1.29 is 18.7 Å². The van der Waals surface area contributed by atoms with Crippen LogP contribution in [-0.4, -0.2) is 36.8 Å². The highest BCUT2D eigenvalue weighted by molar-refractivity contribution is 5.76. The van der Waals surface area contributed by atoms with Crippen LogP contribution in [0.15, 0.2) is 18.2 Å². The molecule has 3 N–H and O–H groups in total. The van der Waals surface area contributed by atoms with Crippen LogP contribution < -0.4 is 10.6 Å². The van der Waals surface area contributed by atoms with E-state index < -0.39 is 17.7 Å². The van der Waals surface area contributed by atoms with Gasteiger partial charge in [0, 0.05) is 32.0 Å². The Kier molecular flexibility index (Phi) is 5.03. The maximum absolute atomic E-state index is 13.4. The van der Waals surface area contributed by atoms with Gasteiger partial charge in [0.25, 0.3) is 0 Å². The number of carbonyl (C=O) groups excluding carboxylic acids is 1. The second kappa shape index (κ2) is 6.76. The van der Waals surface area contributed by atoms with E-state index in [9.17, 15) is 18.7 Å². The summed E-state index contributed by atoms with van der Waals surface area (Å²) in [7, 11) is 0. The number of carbonyl (C=O) groups is 1. The van der Waals surface area contributed by atoms with E-state index in [4.69, 9.17) is 0 Å². The number of β-amino-alcohol motifs (C(OH)–C–C–N with tert-alkyl or cyclic N) is 1. The van der Waals surface area contributed by atoms with Crippen LogP contribution in [0.3, 0.4) is 0 Å². The van der Waals surface area contributed by atoms with E-state index in [1.807, 2.05) is 0 Å². The molecule has 2 rings (SSSR count). The second-order valence-corrected chi connectivity index (χ2v) is 5.03. The zero-order valence-corrected chi connectivity index (χ0v) is 11.0. The second-order valence-electron chi connectivity index (χ2n) is 5.03. The Morgan fingerprint density at radius 1 is 1.40 bits per heavy atom. The van der Waals surface area contributed by atoms with E-state index in [1.54, 1.807) is 0 Å². The lowest BCUT2D eigenvalue weighted by atomic mass is 10.1. The average Bonchev–Trinajstić information content (AvgIpc) is 2.83. The molecule has 2 unspecified atom stereocenters. The van der Waals surface area contributed by atoms with Crippen molar-refractivity contribution in [2.45, 2.75) is 18.9 Å². The predicted octanol–water partition coefficient (Wildman–Crippen LogP) is 0.594. The van der Waals surface area contributed by atoms with Crippen LogP contribution in [0.25, 0.3) is 0 Å². The van der Waals surface area contributed by atoms with Gasteiger partial charge in [0.2, 0.25) is 5.91 Å². The number of halogens is 2. The molecule has 1 aromatic rings. The third kappa shape index (κ3) is 3.98. The molecule has 0 saturated carbocycles. The summed E-state index contributed by atoms with van der Waals surface area (Å²) in [5.74, 6) is -1.24. The van der Waals surface area contributed by atoms with E-state index in [-0.39, 0.29) is 30.2 Å². The van der Waals surface area contributed by atoms with Gasteiger partial charge in [-0.1, -0.05) is 0 Å². The number of rotatable bonds is 5. The molecule has 1 aliphatic heterocycles. The molecule has 0 radical (unpaired) electrons. The highest BCUT2D eigenvalue weighted by Crippen LogP contribution is 2.12. The van der Waals surface area contributed by atoms with Crippen LogP contribution in [0.2, 0.25) is 0 Å². The molecule has 1 saturated heterocycles. The molecule has 0 spiro atoms. The molecule has 1 heterocycles. The number of benzene rings is 1. The van der Waals surface area contributed by atoms with Gasteiger partial charge in [-0.2, -0.15) is 0 Å². The summed E-state index contributed by atoms with van der Waals surface area (Å²) < 4.78 is 26.3. The Hall–Kier alpha value is -1.53. The Labute approximate surface area is 116 Å². The smallest absolute Gasteiger partial charge is 0.220 e. The van der Waals surface area contributed by atoms with Crippen LogP contribution in [-0.2, 0) is 11.2 Å². The van der Waals surface area contributed by atoms with Gasteiger partial charge in [0.1, 0.15) is 11.6 Å². The normalized spacial score (nSPS) is 21.9. The first-order chi connectivity index (χ1) is 9.56. The number of aryl methyl sites for hydroxylation is 1. The van der Waals surface area contributed by atoms with Crippen LogP contribution in [0.4, 0.5) is 8.78 Å². The van der Waals surface area contributed by atoms with Gasteiger partial charge < -0.3 is 15.7 Å². The summed E-state index contributed by atoms with van der Waals surface area (Å²) in [6.45, 7) is 1.59. The van der Waals surface area contributed by atoms with E-state index in [0.29, 0.717) is 19.6 Å². The first-order valence-corrected chi connectivity index (χ1v) is 6.65. The molecule has 0 aromatic heterocycles. The van der Waals surface area contributed by atoms with Gasteiger partial charge in [-0.25, -0.2) is 8.78 Å². The fourth-order valence-corrected chi connectivity index (χ4v) is 2.24. The van der Waals surface area contributed by atoms with Gasteiger partial charge >= 0.3 is 0 Å². The quantitative estimate of drug-likeness (QED) is 0.742. The highest BCUT2D eigenvalue weighted by Gasteiger charge is 2.24. The van der Waals surface area contributed by atoms with E-state index in [0.717, 1.165) is 18.2 Å². The monoisotopic (exact) mass is 284 g/mol. The maximum atomic E-state index is 13.4. The van der Waals surface area contributed by atoms with E-state index >= 15 is 0 Å². The number of hydrogen-bond acceptors (Lipinski definition) is 3. The molecule has 1 aliphatic rings. The average molecular weight is 284 g/mol. The molecule has 0 aliphatic carbocycles. The largest absolute Gasteiger partial charge is 0.391 e. The minimum absolute atomic E-state index is 0.00450. The lowest BCUT2D eigenvalue weighted by Gasteiger charge is -2.14. The summed E-state index contributed by atoms with van der Waals surface area (Å²) in [6, 6.07) is 3.21. The van der Waals surface area contributed by atoms with Gasteiger partial charge in [-0.3, -0.25) is 4.79 Å². The summed E-state index contributed by atoms with van der Waals surface area (Å²) in [6.07, 6.45) is -0.201. The standard InChI is InChI=1S/C14H18F2N2O2/c15-11-2-3-12(16)9(5-11)1-4-14(20)18-7-10-6-17-8-13(10)19/h2-3,5,10,13,17,19H,1,4,6-8H2,(H,18,20). The zero-order valence-electron chi connectivity index (χ0n) is 11.0. The Bertz CT molecular complexity index is 482. The molecule has 6 heteroatoms. The number of nitrogens with one attached hydrogen (secondary N) is 2. The maximum Gasteiger partial charge on any atom is 0.220 e. The predicted molar refractivity (Wildman–Crippen MR) is 70.1 cm³/mol. The van der Waals surface area contributed by atoms with Crippen LogP contribution in [0.1, 0.15) is 12.0 Å². The summed E-state index contributed by atoms with van der Waals surface area (Å²) >= 11 is 0.